The summed E-state index contributed by atoms with van der Waals surface area (Å²) in [6.07, 6.45) is 19.5. The number of carbonyl (C=O) groups is 1. The van der Waals surface area contributed by atoms with Gasteiger partial charge >= 0.3 is 5.97 Å². The van der Waals surface area contributed by atoms with Crippen molar-refractivity contribution in [2.45, 2.75) is 64.2 Å². The molecule has 0 saturated heterocycles. The van der Waals surface area contributed by atoms with Crippen LogP contribution in [0.4, 0.5) is 0 Å². The summed E-state index contributed by atoms with van der Waals surface area (Å²) in [7, 11) is 0. The van der Waals surface area contributed by atoms with E-state index in [9.17, 15) is 4.79 Å². The SMILES string of the molecule is C#CCCCCC=CCCCCCCC(=O)O. The Labute approximate surface area is 105 Å². The van der Waals surface area contributed by atoms with Crippen LogP contribution in [0.2, 0.25) is 0 Å². The Hall–Kier alpha value is -1.23. The van der Waals surface area contributed by atoms with Crippen molar-refractivity contribution in [2.24, 2.45) is 0 Å². The number of aliphatic carboxylic acids is 1. The first-order chi connectivity index (χ1) is 8.27. The van der Waals surface area contributed by atoms with Crippen molar-refractivity contribution in [1.82, 2.24) is 0 Å². The van der Waals surface area contributed by atoms with Crippen LogP contribution in [0, 0.1) is 12.3 Å². The highest BCUT2D eigenvalue weighted by Crippen LogP contribution is 2.07. The quantitative estimate of drug-likeness (QED) is 0.332. The summed E-state index contributed by atoms with van der Waals surface area (Å²) in [6, 6.07) is 0. The Balaban J connectivity index is 3.09. The molecule has 0 aliphatic rings. The van der Waals surface area contributed by atoms with Crippen molar-refractivity contribution in [3.63, 3.8) is 0 Å². The van der Waals surface area contributed by atoms with Crippen molar-refractivity contribution in [1.29, 1.82) is 0 Å². The van der Waals surface area contributed by atoms with Gasteiger partial charge in [-0.25, -0.2) is 0 Å². The fourth-order valence-electron chi connectivity index (χ4n) is 1.62. The number of hydrogen-bond acceptors (Lipinski definition) is 1. The van der Waals surface area contributed by atoms with Crippen molar-refractivity contribution in [3.8, 4) is 12.3 Å². The maximum Gasteiger partial charge on any atom is 0.303 e. The largest absolute Gasteiger partial charge is 0.481 e. The van der Waals surface area contributed by atoms with Crippen molar-refractivity contribution >= 4 is 5.97 Å². The molecule has 0 aromatic rings. The normalized spacial score (nSPS) is 10.5. The molecule has 0 amide bonds. The molecule has 0 heterocycles. The second-order valence-corrected chi connectivity index (χ2v) is 4.27. The van der Waals surface area contributed by atoms with E-state index in [1.54, 1.807) is 0 Å². The molecule has 0 spiro atoms. The average Bonchev–Trinajstić information content (AvgIpc) is 2.30. The second kappa shape index (κ2) is 12.8. The highest BCUT2D eigenvalue weighted by atomic mass is 16.4. The van der Waals surface area contributed by atoms with Gasteiger partial charge in [0.25, 0.3) is 0 Å². The van der Waals surface area contributed by atoms with E-state index in [0.717, 1.165) is 44.9 Å². The molecule has 0 unspecified atom stereocenters. The minimum absolute atomic E-state index is 0.311. The maximum atomic E-state index is 10.3. The molecule has 2 nitrogen and oxygen atoms in total. The van der Waals surface area contributed by atoms with Gasteiger partial charge in [-0.15, -0.1) is 12.3 Å². The van der Waals surface area contributed by atoms with Crippen molar-refractivity contribution in [3.05, 3.63) is 12.2 Å². The average molecular weight is 236 g/mol. The number of hydrogen-bond donors (Lipinski definition) is 1. The number of rotatable bonds is 11. The third-order valence-corrected chi connectivity index (χ3v) is 2.62. The van der Waals surface area contributed by atoms with Gasteiger partial charge in [-0.1, -0.05) is 25.0 Å². The molecule has 0 radical (unpaired) electrons. The molecule has 0 aromatic carbocycles. The lowest BCUT2D eigenvalue weighted by atomic mass is 10.1. The number of allylic oxidation sites excluding steroid dienone is 2. The van der Waals surface area contributed by atoms with Gasteiger partial charge in [-0.3, -0.25) is 4.79 Å². The Kier molecular flexibility index (Phi) is 11.9. The van der Waals surface area contributed by atoms with E-state index in [1.807, 2.05) is 0 Å². The summed E-state index contributed by atoms with van der Waals surface area (Å²) < 4.78 is 0. The zero-order valence-corrected chi connectivity index (χ0v) is 10.7. The van der Waals surface area contributed by atoms with Gasteiger partial charge in [0, 0.05) is 12.8 Å². The Morgan fingerprint density at radius 1 is 1.00 bits per heavy atom. The fraction of sp³-hybridized carbons (Fsp3) is 0.667. The van der Waals surface area contributed by atoms with Gasteiger partial charge in [-0.2, -0.15) is 0 Å². The van der Waals surface area contributed by atoms with E-state index in [-0.39, 0.29) is 0 Å². The first-order valence-corrected chi connectivity index (χ1v) is 6.57. The molecule has 0 saturated carbocycles. The predicted molar refractivity (Wildman–Crippen MR) is 71.8 cm³/mol. The van der Waals surface area contributed by atoms with Crippen LogP contribution in [-0.2, 0) is 4.79 Å². The van der Waals surface area contributed by atoms with Crippen LogP contribution in [0.1, 0.15) is 64.2 Å². The molecule has 1 N–H and O–H groups in total. The minimum Gasteiger partial charge on any atom is -0.481 e. The summed E-state index contributed by atoms with van der Waals surface area (Å²) in [5, 5.41) is 8.45. The van der Waals surface area contributed by atoms with Crippen LogP contribution in [-0.4, -0.2) is 11.1 Å². The van der Waals surface area contributed by atoms with Gasteiger partial charge in [0.1, 0.15) is 0 Å². The van der Waals surface area contributed by atoms with E-state index < -0.39 is 5.97 Å². The molecule has 0 fully saturated rings. The van der Waals surface area contributed by atoms with E-state index in [0.29, 0.717) is 6.42 Å². The lowest BCUT2D eigenvalue weighted by Gasteiger charge is -1.97. The molecular formula is C15H24O2. The number of carboxylic acids is 1. The van der Waals surface area contributed by atoms with Crippen LogP contribution in [0.25, 0.3) is 0 Å². The van der Waals surface area contributed by atoms with Crippen molar-refractivity contribution < 1.29 is 9.90 Å². The zero-order valence-electron chi connectivity index (χ0n) is 10.7. The molecule has 0 aromatic heterocycles. The standard InChI is InChI=1S/C15H24O2/c1-2-3-4-5-6-7-8-9-10-11-12-13-14-15(16)17/h1,7-8H,3-6,9-14H2,(H,16,17). The summed E-state index contributed by atoms with van der Waals surface area (Å²) >= 11 is 0. The van der Waals surface area contributed by atoms with Gasteiger partial charge in [-0.05, 0) is 38.5 Å². The molecule has 96 valence electrons. The third-order valence-electron chi connectivity index (χ3n) is 2.62. The van der Waals surface area contributed by atoms with Crippen LogP contribution in [0.15, 0.2) is 12.2 Å². The molecule has 2 heteroatoms. The van der Waals surface area contributed by atoms with Crippen LogP contribution >= 0.6 is 0 Å². The third kappa shape index (κ3) is 14.8. The lowest BCUT2D eigenvalue weighted by Crippen LogP contribution is -1.93. The highest BCUT2D eigenvalue weighted by Gasteiger charge is 1.95. The Morgan fingerprint density at radius 2 is 1.59 bits per heavy atom. The van der Waals surface area contributed by atoms with Crippen LogP contribution in [0.5, 0.6) is 0 Å². The first kappa shape index (κ1) is 15.8. The monoisotopic (exact) mass is 236 g/mol. The van der Waals surface area contributed by atoms with Gasteiger partial charge < -0.3 is 5.11 Å². The van der Waals surface area contributed by atoms with Crippen LogP contribution in [0.3, 0.4) is 0 Å². The molecule has 0 atom stereocenters. The molecule has 0 bridgehead atoms. The molecule has 0 aliphatic heterocycles. The van der Waals surface area contributed by atoms with E-state index in [1.165, 1.54) is 12.8 Å². The smallest absolute Gasteiger partial charge is 0.303 e. The molecular weight excluding hydrogens is 212 g/mol. The summed E-state index contributed by atoms with van der Waals surface area (Å²) in [5.74, 6) is 1.96. The minimum atomic E-state index is -0.683. The van der Waals surface area contributed by atoms with Crippen LogP contribution < -0.4 is 0 Å². The number of carboxylic acid groups (broad SMARTS) is 1. The Morgan fingerprint density at radius 3 is 2.18 bits per heavy atom. The number of terminal acetylenes is 1. The lowest BCUT2D eigenvalue weighted by molar-refractivity contribution is -0.137. The fourth-order valence-corrected chi connectivity index (χ4v) is 1.62. The zero-order chi connectivity index (χ0) is 12.8. The summed E-state index contributed by atoms with van der Waals surface area (Å²) in [6.45, 7) is 0. The molecule has 0 rings (SSSR count). The van der Waals surface area contributed by atoms with Gasteiger partial charge in [0.2, 0.25) is 0 Å². The van der Waals surface area contributed by atoms with Gasteiger partial charge in [0.05, 0.1) is 0 Å². The Bertz CT molecular complexity index is 248. The first-order valence-electron chi connectivity index (χ1n) is 6.57. The van der Waals surface area contributed by atoms with Crippen molar-refractivity contribution in [2.75, 3.05) is 0 Å². The van der Waals surface area contributed by atoms with E-state index in [2.05, 4.69) is 18.1 Å². The maximum absolute atomic E-state index is 10.3. The summed E-state index contributed by atoms with van der Waals surface area (Å²) in [5.41, 5.74) is 0. The van der Waals surface area contributed by atoms with Gasteiger partial charge in [0.15, 0.2) is 0 Å². The van der Waals surface area contributed by atoms with E-state index >= 15 is 0 Å². The second-order valence-electron chi connectivity index (χ2n) is 4.27. The van der Waals surface area contributed by atoms with E-state index in [4.69, 9.17) is 11.5 Å². The molecule has 0 aliphatic carbocycles. The predicted octanol–water partition coefficient (Wildman–Crippen LogP) is 4.16. The topological polar surface area (TPSA) is 37.3 Å². The summed E-state index contributed by atoms with van der Waals surface area (Å²) in [4.78, 5) is 10.3. The highest BCUT2D eigenvalue weighted by molar-refractivity contribution is 5.66. The number of unbranched alkanes of at least 4 members (excludes halogenated alkanes) is 7. The molecule has 17 heavy (non-hydrogen) atoms.